The van der Waals surface area contributed by atoms with Crippen molar-refractivity contribution in [1.82, 2.24) is 9.88 Å². The molecular formula is C19H28N4O2S. The molecule has 6 nitrogen and oxygen atoms in total. The first kappa shape index (κ1) is 20.2. The van der Waals surface area contributed by atoms with Gasteiger partial charge in [-0.15, -0.1) is 0 Å². The third kappa shape index (κ3) is 6.00. The number of aromatic nitrogens is 1. The van der Waals surface area contributed by atoms with Crippen LogP contribution in [0.1, 0.15) is 31.7 Å². The van der Waals surface area contributed by atoms with Crippen molar-refractivity contribution in [1.29, 1.82) is 0 Å². The first-order valence-corrected chi connectivity index (χ1v) is 10.2. The van der Waals surface area contributed by atoms with E-state index in [4.69, 9.17) is 0 Å². The fourth-order valence-corrected chi connectivity index (χ4v) is 3.42. The van der Waals surface area contributed by atoms with E-state index in [1.54, 1.807) is 24.4 Å². The summed E-state index contributed by atoms with van der Waals surface area (Å²) in [6.45, 7) is 5.99. The summed E-state index contributed by atoms with van der Waals surface area (Å²) >= 11 is 0. The lowest BCUT2D eigenvalue weighted by Gasteiger charge is -2.11. The van der Waals surface area contributed by atoms with Crippen molar-refractivity contribution in [3.63, 3.8) is 0 Å². The highest BCUT2D eigenvalue weighted by Crippen LogP contribution is 2.19. The molecule has 0 atom stereocenters. The average Bonchev–Trinajstić information content (AvgIpc) is 2.60. The topological polar surface area (TPSA) is 74.3 Å². The Morgan fingerprint density at radius 1 is 1.08 bits per heavy atom. The molecule has 1 aromatic carbocycles. The van der Waals surface area contributed by atoms with Crippen molar-refractivity contribution in [3.8, 4) is 0 Å². The second kappa shape index (κ2) is 9.00. The number of hydrogen-bond donors (Lipinski definition) is 2. The van der Waals surface area contributed by atoms with Gasteiger partial charge in [0.05, 0.1) is 16.8 Å². The Balaban J connectivity index is 1.96. The average molecular weight is 377 g/mol. The van der Waals surface area contributed by atoms with Gasteiger partial charge in [-0.3, -0.25) is 4.72 Å². The van der Waals surface area contributed by atoms with Crippen LogP contribution < -0.4 is 10.0 Å². The zero-order valence-electron chi connectivity index (χ0n) is 15.9. The molecule has 0 aliphatic rings. The minimum absolute atomic E-state index is 0.231. The van der Waals surface area contributed by atoms with E-state index in [0.717, 1.165) is 30.8 Å². The maximum atomic E-state index is 12.5. The van der Waals surface area contributed by atoms with Crippen molar-refractivity contribution < 1.29 is 8.42 Å². The molecule has 142 valence electrons. The molecular weight excluding hydrogens is 348 g/mol. The van der Waals surface area contributed by atoms with E-state index in [1.807, 2.05) is 32.3 Å². The first-order valence-electron chi connectivity index (χ1n) is 8.75. The van der Waals surface area contributed by atoms with Crippen LogP contribution in [-0.4, -0.2) is 45.5 Å². The molecule has 1 aromatic heterocycles. The first-order chi connectivity index (χ1) is 12.3. The van der Waals surface area contributed by atoms with E-state index >= 15 is 0 Å². The smallest absolute Gasteiger partial charge is 0.263 e. The molecule has 0 amide bonds. The number of hydrogen-bond acceptors (Lipinski definition) is 5. The predicted octanol–water partition coefficient (Wildman–Crippen LogP) is 3.37. The van der Waals surface area contributed by atoms with Gasteiger partial charge in [0.15, 0.2) is 0 Å². The van der Waals surface area contributed by atoms with Crippen LogP contribution in [0.4, 0.5) is 11.5 Å². The molecule has 1 heterocycles. The largest absolute Gasteiger partial charge is 0.384 e. The van der Waals surface area contributed by atoms with Gasteiger partial charge in [0.25, 0.3) is 10.0 Å². The Labute approximate surface area is 156 Å². The van der Waals surface area contributed by atoms with Crippen LogP contribution in [-0.2, 0) is 10.0 Å². The summed E-state index contributed by atoms with van der Waals surface area (Å²) in [6, 6.07) is 10.4. The van der Waals surface area contributed by atoms with Gasteiger partial charge in [0, 0.05) is 6.54 Å². The lowest BCUT2D eigenvalue weighted by molar-refractivity contribution is 0.405. The minimum Gasteiger partial charge on any atom is -0.384 e. The highest BCUT2D eigenvalue weighted by molar-refractivity contribution is 7.92. The van der Waals surface area contributed by atoms with Crippen LogP contribution in [0.2, 0.25) is 0 Å². The number of benzene rings is 1. The summed E-state index contributed by atoms with van der Waals surface area (Å²) in [6.07, 6.45) is 2.66. The van der Waals surface area contributed by atoms with E-state index in [9.17, 15) is 8.42 Å². The molecule has 26 heavy (non-hydrogen) atoms. The molecule has 0 fully saturated rings. The molecule has 0 spiro atoms. The predicted molar refractivity (Wildman–Crippen MR) is 107 cm³/mol. The van der Waals surface area contributed by atoms with Crippen LogP contribution in [0, 0.1) is 0 Å². The van der Waals surface area contributed by atoms with E-state index in [-0.39, 0.29) is 4.90 Å². The molecule has 2 N–H and O–H groups in total. The maximum absolute atomic E-state index is 12.5. The van der Waals surface area contributed by atoms with E-state index in [1.165, 1.54) is 0 Å². The Hall–Kier alpha value is -2.12. The molecule has 0 saturated heterocycles. The molecule has 2 rings (SSSR count). The van der Waals surface area contributed by atoms with E-state index < -0.39 is 10.0 Å². The van der Waals surface area contributed by atoms with Gasteiger partial charge in [0.2, 0.25) is 0 Å². The van der Waals surface area contributed by atoms with Crippen LogP contribution >= 0.6 is 0 Å². The minimum atomic E-state index is -3.64. The molecule has 0 aliphatic carbocycles. The summed E-state index contributed by atoms with van der Waals surface area (Å²) in [4.78, 5) is 6.55. The quantitative estimate of drug-likeness (QED) is 0.657. The molecule has 0 saturated carbocycles. The van der Waals surface area contributed by atoms with Crippen molar-refractivity contribution in [3.05, 3.63) is 48.2 Å². The van der Waals surface area contributed by atoms with Crippen molar-refractivity contribution in [2.45, 2.75) is 31.1 Å². The standard InChI is InChI=1S/C19H28N4O2S/c1-15(2)16-6-9-18(10-7-16)26(24,25)22-19-11-8-17(14-21-19)20-12-5-13-23(3)4/h6-11,14-15,20H,5,12-13H2,1-4H3,(H,21,22). The summed E-state index contributed by atoms with van der Waals surface area (Å²) in [7, 11) is 0.444. The zero-order chi connectivity index (χ0) is 19.2. The Morgan fingerprint density at radius 2 is 1.77 bits per heavy atom. The molecule has 0 aliphatic heterocycles. The zero-order valence-corrected chi connectivity index (χ0v) is 16.7. The molecule has 2 aromatic rings. The van der Waals surface area contributed by atoms with Gasteiger partial charge in [-0.05, 0) is 62.8 Å². The molecule has 7 heteroatoms. The number of nitrogens with one attached hydrogen (secondary N) is 2. The van der Waals surface area contributed by atoms with Crippen LogP contribution in [0.25, 0.3) is 0 Å². The summed E-state index contributed by atoms with van der Waals surface area (Å²) in [5, 5.41) is 3.27. The number of sulfonamides is 1. The monoisotopic (exact) mass is 376 g/mol. The van der Waals surface area contributed by atoms with Crippen molar-refractivity contribution in [2.24, 2.45) is 0 Å². The third-order valence-electron chi connectivity index (χ3n) is 3.97. The number of anilines is 2. The van der Waals surface area contributed by atoms with Crippen molar-refractivity contribution in [2.75, 3.05) is 37.2 Å². The van der Waals surface area contributed by atoms with Crippen LogP contribution in [0.5, 0.6) is 0 Å². The Morgan fingerprint density at radius 3 is 2.31 bits per heavy atom. The Bertz CT molecular complexity index is 785. The fourth-order valence-electron chi connectivity index (χ4n) is 2.42. The Kier molecular flexibility index (Phi) is 6.99. The summed E-state index contributed by atoms with van der Waals surface area (Å²) < 4.78 is 27.5. The van der Waals surface area contributed by atoms with Crippen LogP contribution in [0.3, 0.4) is 0 Å². The van der Waals surface area contributed by atoms with Gasteiger partial charge in [-0.2, -0.15) is 0 Å². The molecule has 0 bridgehead atoms. The van der Waals surface area contributed by atoms with Crippen LogP contribution in [0.15, 0.2) is 47.5 Å². The second-order valence-electron chi connectivity index (χ2n) is 6.84. The van der Waals surface area contributed by atoms with Crippen molar-refractivity contribution >= 4 is 21.5 Å². The van der Waals surface area contributed by atoms with Gasteiger partial charge in [0.1, 0.15) is 5.82 Å². The second-order valence-corrected chi connectivity index (χ2v) is 8.53. The highest BCUT2D eigenvalue weighted by Gasteiger charge is 2.15. The lowest BCUT2D eigenvalue weighted by Crippen LogP contribution is -2.16. The normalized spacial score (nSPS) is 11.8. The third-order valence-corrected chi connectivity index (χ3v) is 5.34. The lowest BCUT2D eigenvalue weighted by atomic mass is 10.0. The van der Waals surface area contributed by atoms with E-state index in [2.05, 4.69) is 33.8 Å². The van der Waals surface area contributed by atoms with Gasteiger partial charge >= 0.3 is 0 Å². The number of pyridine rings is 1. The van der Waals surface area contributed by atoms with Gasteiger partial charge in [-0.1, -0.05) is 26.0 Å². The van der Waals surface area contributed by atoms with Gasteiger partial charge in [-0.25, -0.2) is 13.4 Å². The summed E-state index contributed by atoms with van der Waals surface area (Å²) in [5.74, 6) is 0.663. The SMILES string of the molecule is CC(C)c1ccc(S(=O)(=O)Nc2ccc(NCCCN(C)C)cn2)cc1. The van der Waals surface area contributed by atoms with E-state index in [0.29, 0.717) is 11.7 Å². The fraction of sp³-hybridized carbons (Fsp3) is 0.421. The summed E-state index contributed by atoms with van der Waals surface area (Å²) in [5.41, 5.74) is 1.97. The molecule has 0 radical (unpaired) electrons. The van der Waals surface area contributed by atoms with Gasteiger partial charge < -0.3 is 10.2 Å². The maximum Gasteiger partial charge on any atom is 0.263 e. The number of nitrogens with zero attached hydrogens (tertiary/aromatic N) is 2. The highest BCUT2D eigenvalue weighted by atomic mass is 32.2. The molecule has 0 unspecified atom stereocenters. The number of rotatable bonds is 9.